The fraction of sp³-hybridized carbons (Fsp3) is 0.409. The lowest BCUT2D eigenvalue weighted by Crippen LogP contribution is -2.40. The Labute approximate surface area is 166 Å². The molecule has 2 aromatic rings. The molecule has 6 nitrogen and oxygen atoms in total. The largest absolute Gasteiger partial charge is 0.443 e. The SMILES string of the molecule is CCCCCCc1cccc[n+]1CCOC(=O)Nc1ccc(C)c(N=C=O)c1. The molecule has 0 aliphatic rings. The molecule has 148 valence electrons. The first kappa shape index (κ1) is 21.3. The van der Waals surface area contributed by atoms with Crippen LogP contribution >= 0.6 is 0 Å². The maximum Gasteiger partial charge on any atom is 0.411 e. The Balaban J connectivity index is 1.84. The van der Waals surface area contributed by atoms with Crippen LogP contribution < -0.4 is 9.88 Å². The Kier molecular flexibility index (Phi) is 8.89. The second-order valence-electron chi connectivity index (χ2n) is 6.66. The molecule has 1 aromatic carbocycles. The molecule has 1 aromatic heterocycles. The molecule has 0 atom stereocenters. The van der Waals surface area contributed by atoms with Gasteiger partial charge >= 0.3 is 6.09 Å². The Morgan fingerprint density at radius 1 is 1.21 bits per heavy atom. The molecular formula is C22H28N3O3+. The molecule has 6 heteroatoms. The summed E-state index contributed by atoms with van der Waals surface area (Å²) in [5.74, 6) is 0. The number of amides is 1. The Hall–Kier alpha value is -2.98. The summed E-state index contributed by atoms with van der Waals surface area (Å²) in [4.78, 5) is 26.1. The van der Waals surface area contributed by atoms with Crippen molar-refractivity contribution in [3.63, 3.8) is 0 Å². The van der Waals surface area contributed by atoms with E-state index in [-0.39, 0.29) is 6.61 Å². The van der Waals surface area contributed by atoms with E-state index < -0.39 is 6.09 Å². The maximum atomic E-state index is 12.0. The van der Waals surface area contributed by atoms with Crippen molar-refractivity contribution in [2.24, 2.45) is 4.99 Å². The number of aryl methyl sites for hydroxylation is 2. The molecule has 0 aliphatic heterocycles. The first-order valence-corrected chi connectivity index (χ1v) is 9.73. The van der Waals surface area contributed by atoms with Gasteiger partial charge < -0.3 is 4.74 Å². The molecule has 0 unspecified atom stereocenters. The van der Waals surface area contributed by atoms with Crippen LogP contribution in [-0.4, -0.2) is 18.8 Å². The second-order valence-corrected chi connectivity index (χ2v) is 6.66. The number of hydrogen-bond acceptors (Lipinski definition) is 4. The summed E-state index contributed by atoms with van der Waals surface area (Å²) >= 11 is 0. The molecule has 0 saturated carbocycles. The van der Waals surface area contributed by atoms with Crippen LogP contribution in [0, 0.1) is 6.92 Å². The van der Waals surface area contributed by atoms with E-state index in [1.54, 1.807) is 18.2 Å². The normalized spacial score (nSPS) is 10.2. The highest BCUT2D eigenvalue weighted by molar-refractivity contribution is 5.85. The van der Waals surface area contributed by atoms with E-state index >= 15 is 0 Å². The standard InChI is InChI=1S/C22H27N3O3/c1-3-4-5-6-9-20-10-7-8-13-25(20)14-15-28-22(27)24-19-12-11-18(2)21(16-19)23-17-26/h7-8,10-13,16H,3-6,9,14-15H2,1-2H3/p+1. The van der Waals surface area contributed by atoms with E-state index in [9.17, 15) is 9.59 Å². The van der Waals surface area contributed by atoms with Crippen molar-refractivity contribution in [3.8, 4) is 0 Å². The molecule has 2 rings (SSSR count). The molecular weight excluding hydrogens is 354 g/mol. The summed E-state index contributed by atoms with van der Waals surface area (Å²) < 4.78 is 7.43. The van der Waals surface area contributed by atoms with Gasteiger partial charge in [-0.1, -0.05) is 38.3 Å². The van der Waals surface area contributed by atoms with Gasteiger partial charge in [0, 0.05) is 24.2 Å². The van der Waals surface area contributed by atoms with Gasteiger partial charge in [0.15, 0.2) is 25.0 Å². The minimum atomic E-state index is -0.536. The zero-order valence-corrected chi connectivity index (χ0v) is 16.6. The summed E-state index contributed by atoms with van der Waals surface area (Å²) in [7, 11) is 0. The van der Waals surface area contributed by atoms with Gasteiger partial charge in [0.2, 0.25) is 6.08 Å². The highest BCUT2D eigenvalue weighted by Crippen LogP contribution is 2.22. The molecule has 0 radical (unpaired) electrons. The minimum Gasteiger partial charge on any atom is -0.443 e. The zero-order valence-electron chi connectivity index (χ0n) is 16.6. The van der Waals surface area contributed by atoms with Crippen molar-refractivity contribution in [2.75, 3.05) is 11.9 Å². The fourth-order valence-electron chi connectivity index (χ4n) is 2.94. The van der Waals surface area contributed by atoms with Gasteiger partial charge in [-0.15, -0.1) is 0 Å². The van der Waals surface area contributed by atoms with Gasteiger partial charge in [-0.2, -0.15) is 9.56 Å². The highest BCUT2D eigenvalue weighted by atomic mass is 16.5. The number of hydrogen-bond donors (Lipinski definition) is 1. The lowest BCUT2D eigenvalue weighted by atomic mass is 10.1. The first-order valence-electron chi connectivity index (χ1n) is 9.73. The van der Waals surface area contributed by atoms with Gasteiger partial charge in [0.25, 0.3) is 0 Å². The zero-order chi connectivity index (χ0) is 20.2. The third kappa shape index (κ3) is 6.97. The average Bonchev–Trinajstić information content (AvgIpc) is 2.69. The Bertz CT molecular complexity index is 830. The quantitative estimate of drug-likeness (QED) is 0.282. The van der Waals surface area contributed by atoms with E-state index in [0.717, 1.165) is 18.4 Å². The molecule has 1 heterocycles. The second kappa shape index (κ2) is 11.7. The van der Waals surface area contributed by atoms with Crippen LogP contribution in [0.4, 0.5) is 16.2 Å². The molecule has 1 N–H and O–H groups in total. The predicted molar refractivity (Wildman–Crippen MR) is 108 cm³/mol. The number of isocyanates is 1. The van der Waals surface area contributed by atoms with Gasteiger partial charge in [0.05, 0.1) is 5.69 Å². The molecule has 0 fully saturated rings. The Morgan fingerprint density at radius 3 is 2.86 bits per heavy atom. The van der Waals surface area contributed by atoms with Crippen LogP contribution in [0.1, 0.15) is 43.9 Å². The van der Waals surface area contributed by atoms with Crippen molar-refractivity contribution in [1.82, 2.24) is 0 Å². The summed E-state index contributed by atoms with van der Waals surface area (Å²) in [6.07, 6.45) is 8.90. The number of carbonyl (C=O) groups excluding carboxylic acids is 2. The average molecular weight is 382 g/mol. The van der Waals surface area contributed by atoms with Crippen LogP contribution in [-0.2, 0) is 22.5 Å². The number of pyridine rings is 1. The van der Waals surface area contributed by atoms with E-state index in [4.69, 9.17) is 4.74 Å². The molecule has 0 spiro atoms. The van der Waals surface area contributed by atoms with E-state index in [1.807, 2.05) is 25.3 Å². The number of benzene rings is 1. The summed E-state index contributed by atoms with van der Waals surface area (Å²) in [5.41, 5.74) is 3.07. The number of nitrogens with one attached hydrogen (secondary N) is 1. The third-order valence-electron chi connectivity index (χ3n) is 4.51. The number of aromatic nitrogens is 1. The topological polar surface area (TPSA) is 71.6 Å². The Morgan fingerprint density at radius 2 is 2.07 bits per heavy atom. The number of carbonyl (C=O) groups is 1. The van der Waals surface area contributed by atoms with Crippen molar-refractivity contribution in [2.45, 2.75) is 52.5 Å². The number of ether oxygens (including phenoxy) is 1. The first-order chi connectivity index (χ1) is 13.6. The highest BCUT2D eigenvalue weighted by Gasteiger charge is 2.11. The van der Waals surface area contributed by atoms with Crippen LogP contribution in [0.25, 0.3) is 0 Å². The van der Waals surface area contributed by atoms with Crippen molar-refractivity contribution in [3.05, 3.63) is 53.9 Å². The fourth-order valence-corrected chi connectivity index (χ4v) is 2.94. The van der Waals surface area contributed by atoms with E-state index in [1.165, 1.54) is 31.0 Å². The summed E-state index contributed by atoms with van der Waals surface area (Å²) in [6, 6.07) is 11.3. The monoisotopic (exact) mass is 382 g/mol. The number of unbranched alkanes of at least 4 members (excludes halogenated alkanes) is 3. The molecule has 0 aliphatic carbocycles. The number of nitrogens with zero attached hydrogens (tertiary/aromatic N) is 2. The lowest BCUT2D eigenvalue weighted by Gasteiger charge is -2.08. The van der Waals surface area contributed by atoms with E-state index in [0.29, 0.717) is 17.9 Å². The number of anilines is 1. The summed E-state index contributed by atoms with van der Waals surface area (Å²) in [6.45, 7) is 4.91. The minimum absolute atomic E-state index is 0.272. The molecule has 0 bridgehead atoms. The van der Waals surface area contributed by atoms with Crippen LogP contribution in [0.3, 0.4) is 0 Å². The molecule has 1 amide bonds. The molecule has 28 heavy (non-hydrogen) atoms. The molecule has 0 saturated heterocycles. The number of aliphatic imine (C=N–C) groups is 1. The van der Waals surface area contributed by atoms with Crippen LogP contribution in [0.15, 0.2) is 47.6 Å². The summed E-state index contributed by atoms with van der Waals surface area (Å²) in [5, 5.41) is 2.66. The third-order valence-corrected chi connectivity index (χ3v) is 4.51. The maximum absolute atomic E-state index is 12.0. The van der Waals surface area contributed by atoms with Crippen molar-refractivity contribution in [1.29, 1.82) is 0 Å². The van der Waals surface area contributed by atoms with Gasteiger partial charge in [-0.25, -0.2) is 9.59 Å². The smallest absolute Gasteiger partial charge is 0.411 e. The van der Waals surface area contributed by atoms with Crippen molar-refractivity contribution >= 4 is 23.5 Å². The van der Waals surface area contributed by atoms with Gasteiger partial charge in [-0.3, -0.25) is 5.32 Å². The predicted octanol–water partition coefficient (Wildman–Crippen LogP) is 4.62. The lowest BCUT2D eigenvalue weighted by molar-refractivity contribution is -0.705. The van der Waals surface area contributed by atoms with Gasteiger partial charge in [-0.05, 0) is 31.0 Å². The van der Waals surface area contributed by atoms with Crippen molar-refractivity contribution < 1.29 is 18.9 Å². The van der Waals surface area contributed by atoms with Gasteiger partial charge in [0.1, 0.15) is 0 Å². The van der Waals surface area contributed by atoms with Crippen LogP contribution in [0.5, 0.6) is 0 Å². The van der Waals surface area contributed by atoms with E-state index in [2.05, 4.69) is 27.9 Å². The van der Waals surface area contributed by atoms with Crippen LogP contribution in [0.2, 0.25) is 0 Å². The number of rotatable bonds is 10.